The van der Waals surface area contributed by atoms with Crippen molar-refractivity contribution in [2.75, 3.05) is 7.05 Å². The molecule has 0 saturated heterocycles. The summed E-state index contributed by atoms with van der Waals surface area (Å²) in [7, 11) is 1.78. The van der Waals surface area contributed by atoms with Crippen molar-refractivity contribution in [2.45, 2.75) is 47.2 Å². The molecule has 1 aromatic carbocycles. The lowest BCUT2D eigenvalue weighted by atomic mass is 10.0. The number of likely N-dealkylation sites (N-methyl/N-ethyl adjacent to an activating group) is 1. The van der Waals surface area contributed by atoms with E-state index < -0.39 is 6.04 Å². The van der Waals surface area contributed by atoms with Gasteiger partial charge in [-0.2, -0.15) is 0 Å². The van der Waals surface area contributed by atoms with Gasteiger partial charge in [-0.05, 0) is 30.9 Å². The fourth-order valence-corrected chi connectivity index (χ4v) is 2.33. The van der Waals surface area contributed by atoms with Crippen LogP contribution in [0.4, 0.5) is 0 Å². The van der Waals surface area contributed by atoms with Crippen LogP contribution >= 0.6 is 0 Å². The largest absolute Gasteiger partial charge is 0.344 e. The molecule has 0 radical (unpaired) electrons. The number of hydrogen-bond acceptors (Lipinski definition) is 2. The van der Waals surface area contributed by atoms with Gasteiger partial charge >= 0.3 is 0 Å². The zero-order valence-corrected chi connectivity index (χ0v) is 13.9. The lowest BCUT2D eigenvalue weighted by Crippen LogP contribution is -2.49. The van der Waals surface area contributed by atoms with Crippen molar-refractivity contribution in [3.63, 3.8) is 0 Å². The monoisotopic (exact) mass is 290 g/mol. The van der Waals surface area contributed by atoms with E-state index in [2.05, 4.69) is 24.4 Å². The maximum Gasteiger partial charge on any atom is 0.245 e. The van der Waals surface area contributed by atoms with E-state index in [0.29, 0.717) is 6.54 Å². The first-order valence-corrected chi connectivity index (χ1v) is 7.30. The van der Waals surface area contributed by atoms with E-state index in [1.165, 1.54) is 18.1 Å². The minimum Gasteiger partial charge on any atom is -0.344 e. The molecule has 1 N–H and O–H groups in total. The number of carbonyl (C=O) groups is 2. The molecule has 0 aliphatic heterocycles. The molecule has 1 rings (SSSR count). The van der Waals surface area contributed by atoms with E-state index in [1.54, 1.807) is 11.9 Å². The zero-order valence-electron chi connectivity index (χ0n) is 13.9. The third-order valence-electron chi connectivity index (χ3n) is 3.57. The van der Waals surface area contributed by atoms with Gasteiger partial charge in [-0.3, -0.25) is 9.59 Å². The number of carbonyl (C=O) groups excluding carboxylic acids is 2. The van der Waals surface area contributed by atoms with Gasteiger partial charge in [-0.1, -0.05) is 37.6 Å². The summed E-state index contributed by atoms with van der Waals surface area (Å²) in [6.45, 7) is 9.96. The van der Waals surface area contributed by atoms with Crippen LogP contribution in [0.2, 0.25) is 0 Å². The van der Waals surface area contributed by atoms with Crippen LogP contribution in [0.25, 0.3) is 0 Å². The molecule has 4 nitrogen and oxygen atoms in total. The van der Waals surface area contributed by atoms with Crippen LogP contribution in [-0.2, 0) is 16.1 Å². The van der Waals surface area contributed by atoms with Crippen molar-refractivity contribution >= 4 is 11.8 Å². The molecule has 0 bridgehead atoms. The summed E-state index contributed by atoms with van der Waals surface area (Å²) >= 11 is 0. The highest BCUT2D eigenvalue weighted by Gasteiger charge is 2.26. The quantitative estimate of drug-likeness (QED) is 0.905. The van der Waals surface area contributed by atoms with Crippen molar-refractivity contribution in [3.05, 3.63) is 34.9 Å². The maximum absolute atomic E-state index is 12.5. The Bertz CT molecular complexity index is 524. The van der Waals surface area contributed by atoms with Crippen molar-refractivity contribution in [1.29, 1.82) is 0 Å². The summed E-state index contributed by atoms with van der Waals surface area (Å²) < 4.78 is 0. The van der Waals surface area contributed by atoms with Crippen molar-refractivity contribution < 1.29 is 9.59 Å². The maximum atomic E-state index is 12.5. The van der Waals surface area contributed by atoms with Gasteiger partial charge in [0.25, 0.3) is 0 Å². The summed E-state index contributed by atoms with van der Waals surface area (Å²) in [6.07, 6.45) is 0. The molecule has 21 heavy (non-hydrogen) atoms. The highest BCUT2D eigenvalue weighted by atomic mass is 16.2. The van der Waals surface area contributed by atoms with Gasteiger partial charge in [0.2, 0.25) is 11.8 Å². The van der Waals surface area contributed by atoms with Gasteiger partial charge in [0, 0.05) is 20.5 Å². The molecule has 1 atom stereocenters. The molecule has 0 aliphatic carbocycles. The number of nitrogens with zero attached hydrogens (tertiary/aromatic N) is 1. The fourth-order valence-electron chi connectivity index (χ4n) is 2.33. The van der Waals surface area contributed by atoms with E-state index in [4.69, 9.17) is 0 Å². The Morgan fingerprint density at radius 1 is 1.24 bits per heavy atom. The Labute approximate surface area is 127 Å². The second-order valence-corrected chi connectivity index (χ2v) is 6.05. The molecular weight excluding hydrogens is 264 g/mol. The Kier molecular flexibility index (Phi) is 5.94. The predicted octanol–water partition coefficient (Wildman–Crippen LogP) is 2.42. The lowest BCUT2D eigenvalue weighted by molar-refractivity contribution is -0.136. The van der Waals surface area contributed by atoms with E-state index in [9.17, 15) is 9.59 Å². The molecule has 2 amide bonds. The summed E-state index contributed by atoms with van der Waals surface area (Å²) in [5.41, 5.74) is 3.51. The van der Waals surface area contributed by atoms with Gasteiger partial charge < -0.3 is 10.2 Å². The summed E-state index contributed by atoms with van der Waals surface area (Å²) in [4.78, 5) is 25.4. The van der Waals surface area contributed by atoms with Crippen molar-refractivity contribution in [3.8, 4) is 0 Å². The smallest absolute Gasteiger partial charge is 0.245 e. The Balaban J connectivity index is 2.83. The summed E-state index contributed by atoms with van der Waals surface area (Å²) in [6, 6.07) is 5.74. The number of hydrogen-bond donors (Lipinski definition) is 1. The average molecular weight is 290 g/mol. The molecular formula is C17H26N2O2. The molecule has 1 aromatic rings. The van der Waals surface area contributed by atoms with E-state index in [0.717, 1.165) is 5.56 Å². The van der Waals surface area contributed by atoms with Gasteiger partial charge in [0.05, 0.1) is 0 Å². The van der Waals surface area contributed by atoms with Gasteiger partial charge in [-0.15, -0.1) is 0 Å². The fraction of sp³-hybridized carbons (Fsp3) is 0.529. The topological polar surface area (TPSA) is 49.4 Å². The van der Waals surface area contributed by atoms with E-state index in [1.807, 2.05) is 26.8 Å². The Morgan fingerprint density at radius 2 is 1.86 bits per heavy atom. The number of amides is 2. The van der Waals surface area contributed by atoms with Gasteiger partial charge in [0.1, 0.15) is 6.04 Å². The second-order valence-electron chi connectivity index (χ2n) is 6.05. The lowest BCUT2D eigenvalue weighted by Gasteiger charge is -2.27. The summed E-state index contributed by atoms with van der Waals surface area (Å²) in [5.74, 6) is -0.176. The highest BCUT2D eigenvalue weighted by Crippen LogP contribution is 2.14. The molecule has 116 valence electrons. The standard InChI is InChI=1S/C17H26N2O2/c1-11(2)16(18-14(5)20)17(21)19(6)10-15-8-7-12(3)9-13(15)4/h7-9,11,16H,10H2,1-6H3,(H,18,20). The molecule has 1 unspecified atom stereocenters. The molecule has 0 saturated carbocycles. The molecule has 0 fully saturated rings. The van der Waals surface area contributed by atoms with E-state index in [-0.39, 0.29) is 17.7 Å². The molecule has 0 aromatic heterocycles. The SMILES string of the molecule is CC(=O)NC(C(=O)N(C)Cc1ccc(C)cc1C)C(C)C. The molecule has 0 aliphatic rings. The Hall–Kier alpha value is -1.84. The third kappa shape index (κ3) is 4.88. The van der Waals surface area contributed by atoms with Crippen LogP contribution in [0.3, 0.4) is 0 Å². The van der Waals surface area contributed by atoms with Crippen LogP contribution in [-0.4, -0.2) is 29.8 Å². The van der Waals surface area contributed by atoms with Crippen LogP contribution in [0, 0.1) is 19.8 Å². The third-order valence-corrected chi connectivity index (χ3v) is 3.57. The van der Waals surface area contributed by atoms with Crippen LogP contribution < -0.4 is 5.32 Å². The molecule has 0 heterocycles. The highest BCUT2D eigenvalue weighted by molar-refractivity contribution is 5.86. The van der Waals surface area contributed by atoms with Crippen molar-refractivity contribution in [2.24, 2.45) is 5.92 Å². The molecule has 4 heteroatoms. The van der Waals surface area contributed by atoms with Crippen molar-refractivity contribution in [1.82, 2.24) is 10.2 Å². The average Bonchev–Trinajstić information content (AvgIpc) is 2.37. The second kappa shape index (κ2) is 7.25. The number of nitrogens with one attached hydrogen (secondary N) is 1. The first-order valence-electron chi connectivity index (χ1n) is 7.30. The van der Waals surface area contributed by atoms with Crippen LogP contribution in [0.15, 0.2) is 18.2 Å². The minimum absolute atomic E-state index is 0.0554. The van der Waals surface area contributed by atoms with E-state index >= 15 is 0 Å². The Morgan fingerprint density at radius 3 is 2.33 bits per heavy atom. The zero-order chi connectivity index (χ0) is 16.2. The first kappa shape index (κ1) is 17.2. The van der Waals surface area contributed by atoms with Gasteiger partial charge in [-0.25, -0.2) is 0 Å². The first-order chi connectivity index (χ1) is 9.72. The van der Waals surface area contributed by atoms with Crippen LogP contribution in [0.5, 0.6) is 0 Å². The summed E-state index contributed by atoms with van der Waals surface area (Å²) in [5, 5.41) is 2.74. The number of aryl methyl sites for hydroxylation is 2. The number of rotatable bonds is 5. The normalized spacial score (nSPS) is 12.1. The van der Waals surface area contributed by atoms with Crippen LogP contribution in [0.1, 0.15) is 37.5 Å². The predicted molar refractivity (Wildman–Crippen MR) is 84.8 cm³/mol. The van der Waals surface area contributed by atoms with Gasteiger partial charge in [0.15, 0.2) is 0 Å². The number of benzene rings is 1. The molecule has 0 spiro atoms. The minimum atomic E-state index is -0.474.